The zero-order valence-electron chi connectivity index (χ0n) is 10.8. The first-order valence-electron chi connectivity index (χ1n) is 5.94. The Balaban J connectivity index is 2.08. The van der Waals surface area contributed by atoms with Crippen molar-refractivity contribution < 1.29 is 9.53 Å². The van der Waals surface area contributed by atoms with E-state index in [1.54, 1.807) is 19.2 Å². The summed E-state index contributed by atoms with van der Waals surface area (Å²) in [6.07, 6.45) is 0.816. The van der Waals surface area contributed by atoms with E-state index in [0.29, 0.717) is 17.3 Å². The number of benzene rings is 1. The van der Waals surface area contributed by atoms with E-state index < -0.39 is 0 Å². The minimum absolute atomic E-state index is 0.184. The molecule has 0 aliphatic rings. The molecular weight excluding hydrogens is 262 g/mol. The smallest absolute Gasteiger partial charge is 0.257 e. The normalized spacial score (nSPS) is 10.4. The van der Waals surface area contributed by atoms with Crippen LogP contribution in [-0.4, -0.2) is 23.2 Å². The number of ether oxygens (including phenoxy) is 1. The molecule has 0 unspecified atom stereocenters. The third-order valence-electron chi connectivity index (χ3n) is 2.49. The van der Waals surface area contributed by atoms with Crippen molar-refractivity contribution in [2.45, 2.75) is 20.0 Å². The van der Waals surface area contributed by atoms with Gasteiger partial charge in [0.1, 0.15) is 5.01 Å². The lowest BCUT2D eigenvalue weighted by Crippen LogP contribution is -2.12. The van der Waals surface area contributed by atoms with Gasteiger partial charge in [0.25, 0.3) is 5.91 Å². The molecule has 1 heterocycles. The van der Waals surface area contributed by atoms with Crippen LogP contribution in [0.3, 0.4) is 0 Å². The van der Waals surface area contributed by atoms with Crippen LogP contribution in [0, 0.1) is 0 Å². The summed E-state index contributed by atoms with van der Waals surface area (Å²) in [5.74, 6) is -0.184. The molecule has 0 saturated carbocycles. The average molecular weight is 277 g/mol. The Kier molecular flexibility index (Phi) is 4.59. The number of rotatable bonds is 5. The minimum atomic E-state index is -0.184. The number of nitrogens with zero attached hydrogens (tertiary/aromatic N) is 2. The molecule has 1 amide bonds. The highest BCUT2D eigenvalue weighted by atomic mass is 32.1. The maximum Gasteiger partial charge on any atom is 0.257 e. The van der Waals surface area contributed by atoms with Gasteiger partial charge in [0.05, 0.1) is 6.61 Å². The average Bonchev–Trinajstić information content (AvgIpc) is 2.87. The van der Waals surface area contributed by atoms with Crippen molar-refractivity contribution in [3.63, 3.8) is 0 Å². The van der Waals surface area contributed by atoms with E-state index in [4.69, 9.17) is 4.74 Å². The van der Waals surface area contributed by atoms with Crippen molar-refractivity contribution in [3.8, 4) is 0 Å². The van der Waals surface area contributed by atoms with Crippen molar-refractivity contribution in [1.29, 1.82) is 0 Å². The second kappa shape index (κ2) is 6.40. The number of hydrogen-bond donors (Lipinski definition) is 1. The van der Waals surface area contributed by atoms with Crippen LogP contribution < -0.4 is 5.32 Å². The fourth-order valence-electron chi connectivity index (χ4n) is 1.59. The SMILES string of the molecule is CCc1nnc(NC(=O)c2cccc(COC)c2)s1. The molecule has 0 spiro atoms. The first-order chi connectivity index (χ1) is 9.22. The highest BCUT2D eigenvalue weighted by Gasteiger charge is 2.10. The molecule has 0 bridgehead atoms. The molecule has 5 nitrogen and oxygen atoms in total. The highest BCUT2D eigenvalue weighted by molar-refractivity contribution is 7.15. The number of aryl methyl sites for hydroxylation is 1. The lowest BCUT2D eigenvalue weighted by Gasteiger charge is -2.04. The number of amides is 1. The lowest BCUT2D eigenvalue weighted by atomic mass is 10.1. The molecule has 0 fully saturated rings. The van der Waals surface area contributed by atoms with Crippen LogP contribution in [0.1, 0.15) is 27.9 Å². The first-order valence-corrected chi connectivity index (χ1v) is 6.76. The Hall–Kier alpha value is -1.79. The van der Waals surface area contributed by atoms with Gasteiger partial charge in [-0.15, -0.1) is 10.2 Å². The van der Waals surface area contributed by atoms with Crippen molar-refractivity contribution in [3.05, 3.63) is 40.4 Å². The van der Waals surface area contributed by atoms with Crippen molar-refractivity contribution >= 4 is 22.4 Å². The van der Waals surface area contributed by atoms with Gasteiger partial charge < -0.3 is 4.74 Å². The zero-order valence-corrected chi connectivity index (χ0v) is 11.7. The molecule has 0 aliphatic carbocycles. The summed E-state index contributed by atoms with van der Waals surface area (Å²) in [5, 5.41) is 12.1. The van der Waals surface area contributed by atoms with Gasteiger partial charge in [0.2, 0.25) is 5.13 Å². The molecule has 2 aromatic rings. The molecule has 6 heteroatoms. The molecule has 0 saturated heterocycles. The summed E-state index contributed by atoms with van der Waals surface area (Å²) in [4.78, 5) is 12.1. The number of methoxy groups -OCH3 is 1. The lowest BCUT2D eigenvalue weighted by molar-refractivity contribution is 0.102. The van der Waals surface area contributed by atoms with Crippen LogP contribution >= 0.6 is 11.3 Å². The molecule has 0 atom stereocenters. The van der Waals surface area contributed by atoms with E-state index in [2.05, 4.69) is 15.5 Å². The van der Waals surface area contributed by atoms with E-state index in [9.17, 15) is 4.79 Å². The van der Waals surface area contributed by atoms with Crippen LogP contribution in [0.25, 0.3) is 0 Å². The number of carbonyl (C=O) groups excluding carboxylic acids is 1. The third-order valence-corrected chi connectivity index (χ3v) is 3.47. The largest absolute Gasteiger partial charge is 0.380 e. The molecule has 2 rings (SSSR count). The van der Waals surface area contributed by atoms with E-state index in [-0.39, 0.29) is 5.91 Å². The monoisotopic (exact) mass is 277 g/mol. The maximum atomic E-state index is 12.1. The molecule has 19 heavy (non-hydrogen) atoms. The van der Waals surface area contributed by atoms with Gasteiger partial charge in [-0.05, 0) is 24.1 Å². The molecule has 1 aromatic carbocycles. The summed E-state index contributed by atoms with van der Waals surface area (Å²) in [5.41, 5.74) is 1.55. The number of anilines is 1. The predicted molar refractivity (Wildman–Crippen MR) is 74.4 cm³/mol. The van der Waals surface area contributed by atoms with Gasteiger partial charge in [-0.1, -0.05) is 30.4 Å². The Morgan fingerprint density at radius 3 is 2.95 bits per heavy atom. The van der Waals surface area contributed by atoms with Gasteiger partial charge in [-0.3, -0.25) is 10.1 Å². The van der Waals surface area contributed by atoms with Gasteiger partial charge in [0.15, 0.2) is 0 Å². The topological polar surface area (TPSA) is 64.1 Å². The molecule has 0 aliphatic heterocycles. The van der Waals surface area contributed by atoms with Crippen LogP contribution in [0.5, 0.6) is 0 Å². The Labute approximate surface area is 115 Å². The number of nitrogens with one attached hydrogen (secondary N) is 1. The number of carbonyl (C=O) groups is 1. The Morgan fingerprint density at radius 2 is 2.26 bits per heavy atom. The quantitative estimate of drug-likeness (QED) is 0.912. The molecule has 1 aromatic heterocycles. The fraction of sp³-hybridized carbons (Fsp3) is 0.308. The van der Waals surface area contributed by atoms with Gasteiger partial charge in [-0.25, -0.2) is 0 Å². The molecular formula is C13H15N3O2S. The Morgan fingerprint density at radius 1 is 1.42 bits per heavy atom. The predicted octanol–water partition coefficient (Wildman–Crippen LogP) is 2.50. The standard InChI is InChI=1S/C13H15N3O2S/c1-3-11-15-16-13(19-11)14-12(17)10-6-4-5-9(7-10)8-18-2/h4-7H,3,8H2,1-2H3,(H,14,16,17). The second-order valence-electron chi connectivity index (χ2n) is 3.94. The van der Waals surface area contributed by atoms with E-state index in [0.717, 1.165) is 17.0 Å². The fourth-order valence-corrected chi connectivity index (χ4v) is 2.26. The highest BCUT2D eigenvalue weighted by Crippen LogP contribution is 2.16. The summed E-state index contributed by atoms with van der Waals surface area (Å²) in [7, 11) is 1.63. The van der Waals surface area contributed by atoms with Crippen molar-refractivity contribution in [2.75, 3.05) is 12.4 Å². The summed E-state index contributed by atoms with van der Waals surface area (Å²) in [6, 6.07) is 7.32. The van der Waals surface area contributed by atoms with E-state index in [1.165, 1.54) is 11.3 Å². The van der Waals surface area contributed by atoms with E-state index in [1.807, 2.05) is 19.1 Å². The van der Waals surface area contributed by atoms with Crippen LogP contribution in [-0.2, 0) is 17.8 Å². The van der Waals surface area contributed by atoms with Gasteiger partial charge in [-0.2, -0.15) is 0 Å². The van der Waals surface area contributed by atoms with E-state index >= 15 is 0 Å². The maximum absolute atomic E-state index is 12.1. The number of aromatic nitrogens is 2. The number of hydrogen-bond acceptors (Lipinski definition) is 5. The van der Waals surface area contributed by atoms with Crippen LogP contribution in [0.4, 0.5) is 5.13 Å². The zero-order chi connectivity index (χ0) is 13.7. The second-order valence-corrected chi connectivity index (χ2v) is 5.00. The molecule has 0 radical (unpaired) electrons. The summed E-state index contributed by atoms with van der Waals surface area (Å²) < 4.78 is 5.05. The van der Waals surface area contributed by atoms with Gasteiger partial charge >= 0.3 is 0 Å². The van der Waals surface area contributed by atoms with Crippen molar-refractivity contribution in [1.82, 2.24) is 10.2 Å². The van der Waals surface area contributed by atoms with Gasteiger partial charge in [0, 0.05) is 12.7 Å². The summed E-state index contributed by atoms with van der Waals surface area (Å²) in [6.45, 7) is 2.49. The first kappa shape index (κ1) is 13.6. The molecule has 1 N–H and O–H groups in total. The Bertz CT molecular complexity index is 569. The van der Waals surface area contributed by atoms with Crippen LogP contribution in [0.15, 0.2) is 24.3 Å². The van der Waals surface area contributed by atoms with Crippen LogP contribution in [0.2, 0.25) is 0 Å². The van der Waals surface area contributed by atoms with Crippen molar-refractivity contribution in [2.24, 2.45) is 0 Å². The third kappa shape index (κ3) is 3.59. The molecule has 100 valence electrons. The minimum Gasteiger partial charge on any atom is -0.380 e. The summed E-state index contributed by atoms with van der Waals surface area (Å²) >= 11 is 1.39.